The van der Waals surface area contributed by atoms with Gasteiger partial charge >= 0.3 is 0 Å². The number of benzene rings is 1. The van der Waals surface area contributed by atoms with Gasteiger partial charge in [-0.25, -0.2) is 13.1 Å². The highest BCUT2D eigenvalue weighted by Gasteiger charge is 2.25. The minimum absolute atomic E-state index is 0.0963. The van der Waals surface area contributed by atoms with Crippen LogP contribution in [-0.4, -0.2) is 27.0 Å². The predicted molar refractivity (Wildman–Crippen MR) is 81.3 cm³/mol. The molecule has 5 heteroatoms. The van der Waals surface area contributed by atoms with E-state index in [9.17, 15) is 8.42 Å². The van der Waals surface area contributed by atoms with E-state index in [4.69, 9.17) is 0 Å². The van der Waals surface area contributed by atoms with Gasteiger partial charge in [-0.05, 0) is 51.8 Å². The standard InChI is InChI=1S/C15H24N2O2S/c1-11-7-8-15(12(2)10-11)20(18,19)17-13(3)14-6-4-5-9-16-14/h7-8,10,13-14,16-17H,4-6,9H2,1-3H3. The van der Waals surface area contributed by atoms with Crippen LogP contribution >= 0.6 is 0 Å². The first-order valence-corrected chi connectivity index (χ1v) is 8.71. The molecule has 0 spiro atoms. The summed E-state index contributed by atoms with van der Waals surface area (Å²) in [4.78, 5) is 0.380. The second-order valence-corrected chi connectivity index (χ2v) is 7.42. The van der Waals surface area contributed by atoms with E-state index in [2.05, 4.69) is 10.0 Å². The lowest BCUT2D eigenvalue weighted by atomic mass is 10.00. The van der Waals surface area contributed by atoms with Gasteiger partial charge in [0, 0.05) is 12.1 Å². The zero-order valence-electron chi connectivity index (χ0n) is 12.4. The molecular weight excluding hydrogens is 272 g/mol. The van der Waals surface area contributed by atoms with Crippen molar-refractivity contribution in [1.29, 1.82) is 0 Å². The maximum Gasteiger partial charge on any atom is 0.241 e. The van der Waals surface area contributed by atoms with Gasteiger partial charge in [-0.1, -0.05) is 24.1 Å². The predicted octanol–water partition coefficient (Wildman–Crippen LogP) is 2.11. The van der Waals surface area contributed by atoms with Crippen LogP contribution in [0.5, 0.6) is 0 Å². The Labute approximate surface area is 122 Å². The van der Waals surface area contributed by atoms with Crippen molar-refractivity contribution in [2.75, 3.05) is 6.54 Å². The van der Waals surface area contributed by atoms with Crippen molar-refractivity contribution in [3.8, 4) is 0 Å². The lowest BCUT2D eigenvalue weighted by Crippen LogP contribution is -2.50. The van der Waals surface area contributed by atoms with E-state index in [0.29, 0.717) is 4.90 Å². The summed E-state index contributed by atoms with van der Waals surface area (Å²) in [5.74, 6) is 0. The van der Waals surface area contributed by atoms with Crippen molar-refractivity contribution in [3.63, 3.8) is 0 Å². The van der Waals surface area contributed by atoms with Gasteiger partial charge in [0.25, 0.3) is 0 Å². The smallest absolute Gasteiger partial charge is 0.241 e. The van der Waals surface area contributed by atoms with Crippen molar-refractivity contribution in [2.24, 2.45) is 0 Å². The highest BCUT2D eigenvalue weighted by molar-refractivity contribution is 7.89. The average Bonchev–Trinajstić information content (AvgIpc) is 2.38. The van der Waals surface area contributed by atoms with E-state index in [0.717, 1.165) is 30.5 Å². The molecule has 2 rings (SSSR count). The molecule has 1 fully saturated rings. The maximum atomic E-state index is 12.5. The van der Waals surface area contributed by atoms with E-state index in [1.165, 1.54) is 6.42 Å². The van der Waals surface area contributed by atoms with Gasteiger partial charge in [-0.2, -0.15) is 0 Å². The van der Waals surface area contributed by atoms with Crippen LogP contribution < -0.4 is 10.0 Å². The van der Waals surface area contributed by atoms with Crippen LogP contribution in [0, 0.1) is 13.8 Å². The molecule has 4 nitrogen and oxygen atoms in total. The minimum Gasteiger partial charge on any atom is -0.312 e. The van der Waals surface area contributed by atoms with E-state index in [1.807, 2.05) is 32.9 Å². The Balaban J connectivity index is 2.13. The molecule has 0 amide bonds. The molecular formula is C15H24N2O2S. The van der Waals surface area contributed by atoms with Crippen molar-refractivity contribution in [2.45, 2.75) is 57.0 Å². The molecule has 0 aromatic heterocycles. The molecule has 1 saturated heterocycles. The van der Waals surface area contributed by atoms with Gasteiger partial charge in [0.1, 0.15) is 0 Å². The first-order valence-electron chi connectivity index (χ1n) is 7.23. The van der Waals surface area contributed by atoms with Crippen molar-refractivity contribution in [3.05, 3.63) is 29.3 Å². The first-order chi connectivity index (χ1) is 9.40. The van der Waals surface area contributed by atoms with Gasteiger partial charge < -0.3 is 5.32 Å². The molecule has 20 heavy (non-hydrogen) atoms. The number of sulfonamides is 1. The summed E-state index contributed by atoms with van der Waals surface area (Å²) in [7, 11) is -3.45. The molecule has 0 bridgehead atoms. The summed E-state index contributed by atoms with van der Waals surface area (Å²) in [6.07, 6.45) is 3.36. The third kappa shape index (κ3) is 3.59. The Bertz CT molecular complexity index is 563. The highest BCUT2D eigenvalue weighted by Crippen LogP contribution is 2.18. The Morgan fingerprint density at radius 3 is 2.65 bits per heavy atom. The first kappa shape index (κ1) is 15.5. The van der Waals surface area contributed by atoms with Crippen LogP contribution in [0.1, 0.15) is 37.3 Å². The molecule has 2 N–H and O–H groups in total. The fraction of sp³-hybridized carbons (Fsp3) is 0.600. The zero-order chi connectivity index (χ0) is 14.8. The molecule has 1 aliphatic heterocycles. The summed E-state index contributed by atoms with van der Waals surface area (Å²) in [6.45, 7) is 6.71. The SMILES string of the molecule is Cc1ccc(S(=O)(=O)NC(C)C2CCCCN2)c(C)c1. The van der Waals surface area contributed by atoms with Crippen LogP contribution in [0.4, 0.5) is 0 Å². The van der Waals surface area contributed by atoms with Gasteiger partial charge in [-0.15, -0.1) is 0 Å². The van der Waals surface area contributed by atoms with Crippen LogP contribution in [0.25, 0.3) is 0 Å². The zero-order valence-corrected chi connectivity index (χ0v) is 13.3. The van der Waals surface area contributed by atoms with Crippen LogP contribution in [0.3, 0.4) is 0 Å². The topological polar surface area (TPSA) is 58.2 Å². The largest absolute Gasteiger partial charge is 0.312 e. The lowest BCUT2D eigenvalue weighted by Gasteiger charge is -2.29. The third-order valence-electron chi connectivity index (χ3n) is 3.91. The second-order valence-electron chi connectivity index (χ2n) is 5.74. The Morgan fingerprint density at radius 1 is 1.30 bits per heavy atom. The summed E-state index contributed by atoms with van der Waals surface area (Å²) < 4.78 is 27.8. The Kier molecular flexibility index (Phi) is 4.83. The van der Waals surface area contributed by atoms with Crippen LogP contribution in [0.2, 0.25) is 0 Å². The van der Waals surface area contributed by atoms with Gasteiger partial charge in [-0.3, -0.25) is 0 Å². The number of aryl methyl sites for hydroxylation is 2. The molecule has 1 aromatic carbocycles. The maximum absolute atomic E-state index is 12.5. The normalized spacial score (nSPS) is 21.6. The van der Waals surface area contributed by atoms with Crippen molar-refractivity contribution < 1.29 is 8.42 Å². The molecule has 2 unspecified atom stereocenters. The quantitative estimate of drug-likeness (QED) is 0.894. The molecule has 1 aromatic rings. The average molecular weight is 296 g/mol. The fourth-order valence-corrected chi connectivity index (χ4v) is 4.31. The monoisotopic (exact) mass is 296 g/mol. The molecule has 2 atom stereocenters. The van der Waals surface area contributed by atoms with Gasteiger partial charge in [0.2, 0.25) is 10.0 Å². The number of rotatable bonds is 4. The summed E-state index contributed by atoms with van der Waals surface area (Å²) in [6, 6.07) is 5.56. The molecule has 112 valence electrons. The minimum atomic E-state index is -3.45. The lowest BCUT2D eigenvalue weighted by molar-refractivity contribution is 0.347. The van der Waals surface area contributed by atoms with E-state index in [1.54, 1.807) is 6.07 Å². The number of hydrogen-bond donors (Lipinski definition) is 2. The highest BCUT2D eigenvalue weighted by atomic mass is 32.2. The number of nitrogens with one attached hydrogen (secondary N) is 2. The summed E-state index contributed by atoms with van der Waals surface area (Å²) in [5.41, 5.74) is 1.87. The van der Waals surface area contributed by atoms with E-state index < -0.39 is 10.0 Å². The molecule has 1 aliphatic rings. The Hall–Kier alpha value is -0.910. The number of piperidine rings is 1. The van der Waals surface area contributed by atoms with Crippen molar-refractivity contribution in [1.82, 2.24) is 10.0 Å². The summed E-state index contributed by atoms with van der Waals surface area (Å²) in [5, 5.41) is 3.39. The van der Waals surface area contributed by atoms with E-state index >= 15 is 0 Å². The summed E-state index contributed by atoms with van der Waals surface area (Å²) >= 11 is 0. The number of hydrogen-bond acceptors (Lipinski definition) is 3. The Morgan fingerprint density at radius 2 is 2.05 bits per heavy atom. The molecule has 0 saturated carbocycles. The fourth-order valence-electron chi connectivity index (χ4n) is 2.80. The van der Waals surface area contributed by atoms with Gasteiger partial charge in [0.15, 0.2) is 0 Å². The van der Waals surface area contributed by atoms with Crippen LogP contribution in [-0.2, 0) is 10.0 Å². The van der Waals surface area contributed by atoms with E-state index in [-0.39, 0.29) is 12.1 Å². The molecule has 1 heterocycles. The van der Waals surface area contributed by atoms with Crippen LogP contribution in [0.15, 0.2) is 23.1 Å². The van der Waals surface area contributed by atoms with Crippen molar-refractivity contribution >= 4 is 10.0 Å². The third-order valence-corrected chi connectivity index (χ3v) is 5.63. The second kappa shape index (κ2) is 6.24. The molecule has 0 radical (unpaired) electrons. The molecule has 0 aliphatic carbocycles. The van der Waals surface area contributed by atoms with Gasteiger partial charge in [0.05, 0.1) is 4.90 Å².